The maximum Gasteiger partial charge on any atom is 0.0366 e. The molecule has 3 rings (SSSR count). The smallest absolute Gasteiger partial charge is 0.0366 e. The molecule has 22 heavy (non-hydrogen) atoms. The standard InChI is InChI=1S/C20H26N2/c1-15(2)16-8-10-17(11-9-16)18-12-19(21)14-22(13-18)20-6-4-3-5-7-20/h3-11,15,18-19H,12-14,21H2,1-2H3. The Morgan fingerprint density at radius 2 is 1.64 bits per heavy atom. The summed E-state index contributed by atoms with van der Waals surface area (Å²) in [5, 5.41) is 0. The first-order valence-electron chi connectivity index (χ1n) is 8.29. The summed E-state index contributed by atoms with van der Waals surface area (Å²) in [5.41, 5.74) is 10.4. The van der Waals surface area contributed by atoms with Gasteiger partial charge in [0, 0.05) is 30.7 Å². The lowest BCUT2D eigenvalue weighted by molar-refractivity contribution is 0.454. The lowest BCUT2D eigenvalue weighted by Crippen LogP contribution is -2.46. The summed E-state index contributed by atoms with van der Waals surface area (Å²) in [4.78, 5) is 2.43. The van der Waals surface area contributed by atoms with Crippen molar-refractivity contribution < 1.29 is 0 Å². The van der Waals surface area contributed by atoms with Gasteiger partial charge in [0.1, 0.15) is 0 Å². The Morgan fingerprint density at radius 3 is 2.27 bits per heavy atom. The van der Waals surface area contributed by atoms with Crippen molar-refractivity contribution in [3.63, 3.8) is 0 Å². The van der Waals surface area contributed by atoms with Crippen molar-refractivity contribution in [3.8, 4) is 0 Å². The third-order valence-corrected chi connectivity index (χ3v) is 4.68. The highest BCUT2D eigenvalue weighted by atomic mass is 15.2. The largest absolute Gasteiger partial charge is 0.369 e. The number of piperidine rings is 1. The highest BCUT2D eigenvalue weighted by Crippen LogP contribution is 2.30. The number of rotatable bonds is 3. The lowest BCUT2D eigenvalue weighted by atomic mass is 9.87. The molecule has 2 nitrogen and oxygen atoms in total. The van der Waals surface area contributed by atoms with Crippen molar-refractivity contribution >= 4 is 5.69 Å². The Hall–Kier alpha value is -1.80. The molecular formula is C20H26N2. The van der Waals surface area contributed by atoms with Crippen molar-refractivity contribution in [1.29, 1.82) is 0 Å². The van der Waals surface area contributed by atoms with Crippen molar-refractivity contribution in [1.82, 2.24) is 0 Å². The third-order valence-electron chi connectivity index (χ3n) is 4.68. The average molecular weight is 294 g/mol. The van der Waals surface area contributed by atoms with Gasteiger partial charge in [-0.25, -0.2) is 0 Å². The molecule has 2 aromatic carbocycles. The molecule has 116 valence electrons. The highest BCUT2D eigenvalue weighted by molar-refractivity contribution is 5.47. The van der Waals surface area contributed by atoms with E-state index in [0.29, 0.717) is 11.8 Å². The van der Waals surface area contributed by atoms with Gasteiger partial charge in [-0.1, -0.05) is 56.3 Å². The normalized spacial score (nSPS) is 22.1. The zero-order chi connectivity index (χ0) is 15.5. The first-order chi connectivity index (χ1) is 10.6. The van der Waals surface area contributed by atoms with Gasteiger partial charge in [-0.2, -0.15) is 0 Å². The Labute approximate surface area is 134 Å². The first-order valence-corrected chi connectivity index (χ1v) is 8.29. The summed E-state index contributed by atoms with van der Waals surface area (Å²) in [6.07, 6.45) is 1.07. The molecule has 1 aliphatic rings. The van der Waals surface area contributed by atoms with Gasteiger partial charge < -0.3 is 10.6 Å². The van der Waals surface area contributed by atoms with Crippen LogP contribution in [0.1, 0.15) is 43.2 Å². The molecule has 0 aromatic heterocycles. The van der Waals surface area contributed by atoms with Crippen LogP contribution >= 0.6 is 0 Å². The number of anilines is 1. The topological polar surface area (TPSA) is 29.3 Å². The van der Waals surface area contributed by atoms with E-state index in [9.17, 15) is 0 Å². The number of hydrogen-bond donors (Lipinski definition) is 1. The molecular weight excluding hydrogens is 268 g/mol. The Bertz CT molecular complexity index is 589. The Kier molecular flexibility index (Phi) is 4.49. The molecule has 2 atom stereocenters. The van der Waals surface area contributed by atoms with E-state index in [-0.39, 0.29) is 6.04 Å². The second-order valence-electron chi connectivity index (χ2n) is 6.75. The predicted octanol–water partition coefficient (Wildman–Crippen LogP) is 4.13. The van der Waals surface area contributed by atoms with Gasteiger partial charge in [0.05, 0.1) is 0 Å². The van der Waals surface area contributed by atoms with E-state index in [1.807, 2.05) is 0 Å². The summed E-state index contributed by atoms with van der Waals surface area (Å²) < 4.78 is 0. The molecule has 2 unspecified atom stereocenters. The average Bonchev–Trinajstić information content (AvgIpc) is 2.55. The van der Waals surface area contributed by atoms with E-state index in [1.165, 1.54) is 16.8 Å². The van der Waals surface area contributed by atoms with Crippen molar-refractivity contribution in [3.05, 3.63) is 65.7 Å². The van der Waals surface area contributed by atoms with E-state index in [4.69, 9.17) is 5.73 Å². The van der Waals surface area contributed by atoms with Gasteiger partial charge in [-0.3, -0.25) is 0 Å². The maximum absolute atomic E-state index is 6.33. The molecule has 0 saturated carbocycles. The van der Waals surface area contributed by atoms with Crippen LogP contribution in [0.5, 0.6) is 0 Å². The number of nitrogens with zero attached hydrogens (tertiary/aromatic N) is 1. The van der Waals surface area contributed by atoms with Crippen LogP contribution in [0.25, 0.3) is 0 Å². The van der Waals surface area contributed by atoms with E-state index < -0.39 is 0 Å². The van der Waals surface area contributed by atoms with Gasteiger partial charge >= 0.3 is 0 Å². The molecule has 2 aromatic rings. The fourth-order valence-corrected chi connectivity index (χ4v) is 3.38. The number of hydrogen-bond acceptors (Lipinski definition) is 2. The summed E-state index contributed by atoms with van der Waals surface area (Å²) in [6.45, 7) is 6.48. The van der Waals surface area contributed by atoms with Crippen LogP contribution in [-0.4, -0.2) is 19.1 Å². The molecule has 1 fully saturated rings. The molecule has 0 amide bonds. The van der Waals surface area contributed by atoms with Gasteiger partial charge in [-0.05, 0) is 35.6 Å². The lowest BCUT2D eigenvalue weighted by Gasteiger charge is -2.38. The monoisotopic (exact) mass is 294 g/mol. The van der Waals surface area contributed by atoms with Crippen LogP contribution in [0, 0.1) is 0 Å². The number of nitrogens with two attached hydrogens (primary N) is 1. The molecule has 0 aliphatic carbocycles. The zero-order valence-corrected chi connectivity index (χ0v) is 13.6. The molecule has 1 saturated heterocycles. The molecule has 2 N–H and O–H groups in total. The van der Waals surface area contributed by atoms with Crippen LogP contribution < -0.4 is 10.6 Å². The quantitative estimate of drug-likeness (QED) is 0.922. The summed E-state index contributed by atoms with van der Waals surface area (Å²) >= 11 is 0. The predicted molar refractivity (Wildman–Crippen MR) is 94.5 cm³/mol. The van der Waals surface area contributed by atoms with Crippen LogP contribution in [0.3, 0.4) is 0 Å². The second kappa shape index (κ2) is 6.53. The SMILES string of the molecule is CC(C)c1ccc(C2CC(N)CN(c3ccccc3)C2)cc1. The van der Waals surface area contributed by atoms with Gasteiger partial charge in [-0.15, -0.1) is 0 Å². The van der Waals surface area contributed by atoms with E-state index >= 15 is 0 Å². The highest BCUT2D eigenvalue weighted by Gasteiger charge is 2.26. The minimum atomic E-state index is 0.240. The van der Waals surface area contributed by atoms with Gasteiger partial charge in [0.25, 0.3) is 0 Å². The molecule has 0 spiro atoms. The first kappa shape index (κ1) is 15.1. The van der Waals surface area contributed by atoms with E-state index in [1.54, 1.807) is 0 Å². The Balaban J connectivity index is 1.78. The fourth-order valence-electron chi connectivity index (χ4n) is 3.38. The number of benzene rings is 2. The molecule has 2 heteroatoms. The minimum absolute atomic E-state index is 0.240. The van der Waals surface area contributed by atoms with E-state index in [2.05, 4.69) is 73.3 Å². The molecule has 1 aliphatic heterocycles. The van der Waals surface area contributed by atoms with Crippen LogP contribution in [0.15, 0.2) is 54.6 Å². The van der Waals surface area contributed by atoms with Crippen molar-refractivity contribution in [2.45, 2.75) is 38.1 Å². The molecule has 0 bridgehead atoms. The van der Waals surface area contributed by atoms with Crippen molar-refractivity contribution in [2.75, 3.05) is 18.0 Å². The zero-order valence-electron chi connectivity index (χ0n) is 13.6. The summed E-state index contributed by atoms with van der Waals surface area (Å²) in [7, 11) is 0. The van der Waals surface area contributed by atoms with Crippen molar-refractivity contribution in [2.24, 2.45) is 5.73 Å². The minimum Gasteiger partial charge on any atom is -0.369 e. The van der Waals surface area contributed by atoms with Gasteiger partial charge in [0.2, 0.25) is 0 Å². The molecule has 0 radical (unpaired) electrons. The van der Waals surface area contributed by atoms with E-state index in [0.717, 1.165) is 19.5 Å². The fraction of sp³-hybridized carbons (Fsp3) is 0.400. The Morgan fingerprint density at radius 1 is 0.955 bits per heavy atom. The maximum atomic E-state index is 6.33. The second-order valence-corrected chi connectivity index (χ2v) is 6.75. The van der Waals surface area contributed by atoms with Crippen LogP contribution in [0.2, 0.25) is 0 Å². The molecule has 1 heterocycles. The van der Waals surface area contributed by atoms with Crippen LogP contribution in [0.4, 0.5) is 5.69 Å². The van der Waals surface area contributed by atoms with Gasteiger partial charge in [0.15, 0.2) is 0 Å². The van der Waals surface area contributed by atoms with Crippen LogP contribution in [-0.2, 0) is 0 Å². The number of para-hydroxylation sites is 1. The summed E-state index contributed by atoms with van der Waals surface area (Å²) in [5.74, 6) is 1.11. The third kappa shape index (κ3) is 3.33. The summed E-state index contributed by atoms with van der Waals surface area (Å²) in [6, 6.07) is 20.0.